The molecule has 0 bridgehead atoms. The summed E-state index contributed by atoms with van der Waals surface area (Å²) in [6.07, 6.45) is 7.32. The Labute approximate surface area is 550 Å². The molecular formula is C78H69N9Pt2. The van der Waals surface area contributed by atoms with Crippen LogP contribution in [0.2, 0.25) is 0 Å². The van der Waals surface area contributed by atoms with E-state index in [1.165, 1.54) is 22.3 Å². The van der Waals surface area contributed by atoms with E-state index in [9.17, 15) is 0 Å². The molecule has 0 unspecified atom stereocenters. The zero-order valence-corrected chi connectivity index (χ0v) is 56.8. The van der Waals surface area contributed by atoms with E-state index >= 15 is 0 Å². The van der Waals surface area contributed by atoms with Crippen molar-refractivity contribution in [2.24, 2.45) is 0 Å². The van der Waals surface area contributed by atoms with Gasteiger partial charge < -0.3 is 23.5 Å². The predicted octanol–water partition coefficient (Wildman–Crippen LogP) is 19.9. The van der Waals surface area contributed by atoms with Gasteiger partial charge in [-0.1, -0.05) is 189 Å². The molecule has 14 rings (SSSR count). The molecule has 0 fully saturated rings. The molecule has 0 spiro atoms. The van der Waals surface area contributed by atoms with Crippen LogP contribution in [-0.4, -0.2) is 33.6 Å². The maximum Gasteiger partial charge on any atom is 2.00 e. The summed E-state index contributed by atoms with van der Waals surface area (Å²) in [6, 6.07) is 79.0. The monoisotopic (exact) mass is 1520 g/mol. The molecule has 0 saturated carbocycles. The molecular weight excluding hydrogens is 1450 g/mol. The number of fused-ring (bicyclic) bond motifs is 9. The summed E-state index contributed by atoms with van der Waals surface area (Å²) in [6.45, 7) is 27.5. The Morgan fingerprint density at radius 3 is 0.933 bits per heavy atom. The van der Waals surface area contributed by atoms with Crippen molar-refractivity contribution in [1.29, 1.82) is 0 Å². The van der Waals surface area contributed by atoms with E-state index < -0.39 is 0 Å². The van der Waals surface area contributed by atoms with Crippen LogP contribution >= 0.6 is 0 Å². The molecule has 9 nitrogen and oxygen atoms in total. The maximum atomic E-state index is 5.00. The van der Waals surface area contributed by atoms with Crippen LogP contribution in [-0.2, 0) is 63.8 Å². The van der Waals surface area contributed by atoms with Gasteiger partial charge in [0.05, 0.1) is 0 Å². The van der Waals surface area contributed by atoms with Crippen LogP contribution < -0.4 is 9.80 Å². The van der Waals surface area contributed by atoms with Crippen molar-refractivity contribution in [3.8, 4) is 17.6 Å². The number of hydrogen-bond donors (Lipinski definition) is 0. The van der Waals surface area contributed by atoms with Gasteiger partial charge in [-0.25, -0.2) is 19.9 Å². The number of hydrogen-bond acceptors (Lipinski definition) is 6. The van der Waals surface area contributed by atoms with E-state index in [0.29, 0.717) is 5.95 Å². The van der Waals surface area contributed by atoms with Crippen LogP contribution in [0.5, 0.6) is 0 Å². The SMILES string of the molecule is CC(C)(C)c1cc(N(c2[c-]c3c(cc2)c2ccc(N(c4[c-]c5c(cc4)c4ccccc4n5-c4ccccn4)c4cc(C(C)(C)C)cc(C(C)(C)C)c4)[c-]c2n3-c2ncccn2)c2[c-]c3c(cc2)c2ccccc2n3-c2ccccn2)cc(C(C)(C)C)c1.[Pt+2].[Pt+2]. The minimum Gasteiger partial charge on any atom is -0.358 e. The van der Waals surface area contributed by atoms with Crippen LogP contribution in [0.1, 0.15) is 105 Å². The normalized spacial score (nSPS) is 12.3. The number of para-hydroxylation sites is 2. The number of pyridine rings is 2. The third-order valence-electron chi connectivity index (χ3n) is 17.0. The fraction of sp³-hybridized carbons (Fsp3) is 0.205. The number of rotatable bonds is 9. The third kappa shape index (κ3) is 10.9. The van der Waals surface area contributed by atoms with Gasteiger partial charge in [0.15, 0.2) is 0 Å². The largest absolute Gasteiger partial charge is 2.00 e. The molecule has 0 saturated heterocycles. The quantitative estimate of drug-likeness (QED) is 0.134. The summed E-state index contributed by atoms with van der Waals surface area (Å²) < 4.78 is 6.59. The molecule has 6 aromatic heterocycles. The Morgan fingerprint density at radius 2 is 0.607 bits per heavy atom. The van der Waals surface area contributed by atoms with Crippen LogP contribution in [0.3, 0.4) is 0 Å². The van der Waals surface area contributed by atoms with Crippen molar-refractivity contribution in [2.45, 2.75) is 105 Å². The van der Waals surface area contributed by atoms with Gasteiger partial charge in [0.1, 0.15) is 11.6 Å². The molecule has 0 aliphatic rings. The molecule has 0 N–H and O–H groups in total. The molecule has 14 aromatic rings. The summed E-state index contributed by atoms with van der Waals surface area (Å²) in [5.41, 5.74) is 15.3. The fourth-order valence-electron chi connectivity index (χ4n) is 12.2. The fourth-order valence-corrected chi connectivity index (χ4v) is 12.2. The summed E-state index contributed by atoms with van der Waals surface area (Å²) in [4.78, 5) is 24.4. The van der Waals surface area contributed by atoms with Crippen molar-refractivity contribution in [2.75, 3.05) is 9.80 Å². The second-order valence-electron chi connectivity index (χ2n) is 27.1. The smallest absolute Gasteiger partial charge is 0.358 e. The Hall–Kier alpha value is -8.48. The van der Waals surface area contributed by atoms with Crippen molar-refractivity contribution in [3.05, 3.63) is 247 Å². The molecule has 6 heterocycles. The molecule has 0 aliphatic carbocycles. The minimum absolute atomic E-state index is 0. The van der Waals surface area contributed by atoms with Crippen molar-refractivity contribution >= 4 is 99.5 Å². The van der Waals surface area contributed by atoms with Gasteiger partial charge in [-0.3, -0.25) is 0 Å². The first kappa shape index (κ1) is 60.8. The summed E-state index contributed by atoms with van der Waals surface area (Å²) >= 11 is 0. The Morgan fingerprint density at radius 1 is 0.303 bits per heavy atom. The zero-order chi connectivity index (χ0) is 60.3. The van der Waals surface area contributed by atoms with Crippen molar-refractivity contribution in [3.63, 3.8) is 0 Å². The standard InChI is InChI=1S/C78H69N9.2Pt/c1-75(2,3)50-40-51(76(4,5)6)43-58(42-50)83(54-28-32-62-60-22-13-15-24-66(60)85(68(62)46-54)72-26-17-19-36-79-72)56-30-34-64-65-35-31-57(49-71(65)87(70(64)48-56)74-81-38-21-39-82-74)84(59-44-52(77(7,8)9)41-53(45-59)78(10,11)12)55-29-33-63-61-23-14-16-25-67(61)86(69(63)47-55)73-27-18-20-37-80-73;;/h13-45H,1-12H3;;/q-4;2*+2. The van der Waals surface area contributed by atoms with Crippen LogP contribution in [0, 0.1) is 24.3 Å². The summed E-state index contributed by atoms with van der Waals surface area (Å²) in [7, 11) is 0. The van der Waals surface area contributed by atoms with Gasteiger partial charge in [-0.2, -0.15) is 35.0 Å². The van der Waals surface area contributed by atoms with E-state index in [0.717, 1.165) is 111 Å². The van der Waals surface area contributed by atoms with Gasteiger partial charge in [-0.15, -0.1) is 59.3 Å². The molecule has 89 heavy (non-hydrogen) atoms. The van der Waals surface area contributed by atoms with Gasteiger partial charge in [-0.05, 0) is 121 Å². The molecule has 8 aromatic carbocycles. The van der Waals surface area contributed by atoms with Crippen LogP contribution in [0.25, 0.3) is 83.0 Å². The Balaban J connectivity index is 0.00000385. The predicted molar refractivity (Wildman–Crippen MR) is 360 cm³/mol. The number of benzene rings is 8. The van der Waals surface area contributed by atoms with Crippen LogP contribution in [0.4, 0.5) is 34.1 Å². The maximum absolute atomic E-state index is 5.00. The molecule has 0 amide bonds. The van der Waals surface area contributed by atoms with Gasteiger partial charge in [0.2, 0.25) is 5.95 Å². The Bertz CT molecular complexity index is 4620. The van der Waals surface area contributed by atoms with Gasteiger partial charge >= 0.3 is 42.1 Å². The topological polar surface area (TPSA) is 72.8 Å². The molecule has 446 valence electrons. The second-order valence-corrected chi connectivity index (χ2v) is 27.1. The first-order chi connectivity index (χ1) is 41.7. The van der Waals surface area contributed by atoms with Crippen LogP contribution in [0.15, 0.2) is 201 Å². The molecule has 0 aliphatic heterocycles. The summed E-state index contributed by atoms with van der Waals surface area (Å²) in [5, 5.41) is 6.42. The number of nitrogens with zero attached hydrogens (tertiary/aromatic N) is 9. The van der Waals surface area contributed by atoms with Gasteiger partial charge in [0, 0.05) is 47.2 Å². The summed E-state index contributed by atoms with van der Waals surface area (Å²) in [5.74, 6) is 2.16. The van der Waals surface area contributed by atoms with E-state index in [2.05, 4.69) is 276 Å². The minimum atomic E-state index is -0.156. The average Bonchev–Trinajstić information content (AvgIpc) is 1.78. The first-order valence-electron chi connectivity index (χ1n) is 30.0. The number of aromatic nitrogens is 7. The van der Waals surface area contributed by atoms with Crippen molar-refractivity contribution in [1.82, 2.24) is 33.6 Å². The van der Waals surface area contributed by atoms with E-state index in [-0.39, 0.29) is 63.8 Å². The Kier molecular flexibility index (Phi) is 15.6. The van der Waals surface area contributed by atoms with E-state index in [4.69, 9.17) is 19.9 Å². The second kappa shape index (κ2) is 22.8. The molecule has 0 atom stereocenters. The van der Waals surface area contributed by atoms with Gasteiger partial charge in [0.25, 0.3) is 0 Å². The van der Waals surface area contributed by atoms with Crippen molar-refractivity contribution < 1.29 is 42.1 Å². The molecule has 11 heteroatoms. The zero-order valence-electron chi connectivity index (χ0n) is 52.2. The first-order valence-corrected chi connectivity index (χ1v) is 30.0. The van der Waals surface area contributed by atoms with E-state index in [1.54, 1.807) is 12.4 Å². The number of anilines is 6. The van der Waals surface area contributed by atoms with E-state index in [1.807, 2.05) is 42.7 Å². The third-order valence-corrected chi connectivity index (χ3v) is 17.0. The average molecular weight is 1520 g/mol. The molecule has 0 radical (unpaired) electrons.